The lowest BCUT2D eigenvalue weighted by Crippen LogP contribution is -2.38. The Labute approximate surface area is 156 Å². The van der Waals surface area contributed by atoms with Crippen molar-refractivity contribution in [3.63, 3.8) is 0 Å². The monoisotopic (exact) mass is 393 g/mol. The van der Waals surface area contributed by atoms with Gasteiger partial charge in [-0.05, 0) is 24.7 Å². The molecule has 1 unspecified atom stereocenters. The molecule has 0 saturated carbocycles. The van der Waals surface area contributed by atoms with Crippen LogP contribution in [-0.2, 0) is 22.3 Å². The van der Waals surface area contributed by atoms with Gasteiger partial charge in [0, 0.05) is 39.6 Å². The summed E-state index contributed by atoms with van der Waals surface area (Å²) >= 11 is 0. The SMILES string of the molecule is CNCCN(C)C(=O)C1CC(=O)N(Cc2cccc(C(F)(F)F)c2)C1.Cl. The van der Waals surface area contributed by atoms with Crippen LogP contribution in [0.5, 0.6) is 0 Å². The second-order valence-electron chi connectivity index (χ2n) is 6.24. The highest BCUT2D eigenvalue weighted by atomic mass is 35.5. The number of hydrogen-bond acceptors (Lipinski definition) is 3. The molecule has 1 saturated heterocycles. The van der Waals surface area contributed by atoms with E-state index in [-0.39, 0.29) is 43.7 Å². The fourth-order valence-electron chi connectivity index (χ4n) is 2.86. The molecule has 1 aromatic rings. The van der Waals surface area contributed by atoms with Gasteiger partial charge in [0.15, 0.2) is 0 Å². The van der Waals surface area contributed by atoms with E-state index in [4.69, 9.17) is 0 Å². The zero-order valence-electron chi connectivity index (χ0n) is 14.7. The number of carbonyl (C=O) groups excluding carboxylic acids is 2. The summed E-state index contributed by atoms with van der Waals surface area (Å²) in [6.45, 7) is 1.50. The van der Waals surface area contributed by atoms with Gasteiger partial charge in [0.25, 0.3) is 0 Å². The van der Waals surface area contributed by atoms with Crippen molar-refractivity contribution in [2.45, 2.75) is 19.1 Å². The summed E-state index contributed by atoms with van der Waals surface area (Å²) in [5, 5.41) is 2.95. The van der Waals surface area contributed by atoms with Crippen molar-refractivity contribution in [2.24, 2.45) is 5.92 Å². The van der Waals surface area contributed by atoms with E-state index in [0.717, 1.165) is 12.1 Å². The summed E-state index contributed by atoms with van der Waals surface area (Å²) in [5.74, 6) is -0.770. The molecule has 146 valence electrons. The van der Waals surface area contributed by atoms with Crippen LogP contribution >= 0.6 is 12.4 Å². The minimum absolute atomic E-state index is 0. The Morgan fingerprint density at radius 2 is 2.08 bits per heavy atom. The Hall–Kier alpha value is -1.80. The quantitative estimate of drug-likeness (QED) is 0.805. The maximum Gasteiger partial charge on any atom is 0.416 e. The van der Waals surface area contributed by atoms with Crippen molar-refractivity contribution >= 4 is 24.2 Å². The molecule has 2 amide bonds. The number of halogens is 4. The number of alkyl halides is 3. The maximum atomic E-state index is 12.8. The number of rotatable bonds is 6. The molecule has 5 nitrogen and oxygen atoms in total. The van der Waals surface area contributed by atoms with Crippen LogP contribution in [0, 0.1) is 5.92 Å². The van der Waals surface area contributed by atoms with Crippen LogP contribution in [0.3, 0.4) is 0 Å². The molecule has 1 atom stereocenters. The first-order valence-corrected chi connectivity index (χ1v) is 8.06. The predicted molar refractivity (Wildman–Crippen MR) is 93.8 cm³/mol. The van der Waals surface area contributed by atoms with Gasteiger partial charge in [-0.1, -0.05) is 12.1 Å². The van der Waals surface area contributed by atoms with Crippen LogP contribution < -0.4 is 5.32 Å². The Morgan fingerprint density at radius 3 is 2.69 bits per heavy atom. The van der Waals surface area contributed by atoms with Crippen LogP contribution in [0.4, 0.5) is 13.2 Å². The fourth-order valence-corrected chi connectivity index (χ4v) is 2.86. The third-order valence-corrected chi connectivity index (χ3v) is 4.26. The summed E-state index contributed by atoms with van der Waals surface area (Å²) in [6, 6.07) is 4.92. The number of likely N-dealkylation sites (tertiary alicyclic amines) is 1. The zero-order chi connectivity index (χ0) is 18.6. The highest BCUT2D eigenvalue weighted by Gasteiger charge is 2.36. The molecule has 0 aromatic heterocycles. The average molecular weight is 394 g/mol. The smallest absolute Gasteiger partial charge is 0.344 e. The van der Waals surface area contributed by atoms with Gasteiger partial charge in [-0.2, -0.15) is 13.2 Å². The van der Waals surface area contributed by atoms with Crippen LogP contribution in [0.1, 0.15) is 17.5 Å². The van der Waals surface area contributed by atoms with Crippen molar-refractivity contribution in [1.29, 1.82) is 0 Å². The molecule has 26 heavy (non-hydrogen) atoms. The molecule has 1 N–H and O–H groups in total. The standard InChI is InChI=1S/C17H22F3N3O2.ClH/c1-21-6-7-22(2)16(25)13-9-15(24)23(11-13)10-12-4-3-5-14(8-12)17(18,19)20;/h3-5,8,13,21H,6-7,9-11H2,1-2H3;1H. The van der Waals surface area contributed by atoms with E-state index < -0.39 is 17.7 Å². The molecule has 9 heteroatoms. The number of benzene rings is 1. The lowest BCUT2D eigenvalue weighted by atomic mass is 10.1. The van der Waals surface area contributed by atoms with Crippen LogP contribution in [0.25, 0.3) is 0 Å². The molecular formula is C17H23ClF3N3O2. The number of nitrogens with zero attached hydrogens (tertiary/aromatic N) is 2. The summed E-state index contributed by atoms with van der Waals surface area (Å²) in [6.07, 6.45) is -4.32. The molecule has 0 aliphatic carbocycles. The second kappa shape index (κ2) is 9.23. The van der Waals surface area contributed by atoms with Crippen molar-refractivity contribution < 1.29 is 22.8 Å². The third-order valence-electron chi connectivity index (χ3n) is 4.26. The first kappa shape index (κ1) is 22.2. The zero-order valence-corrected chi connectivity index (χ0v) is 15.5. The number of amides is 2. The van der Waals surface area contributed by atoms with E-state index in [1.165, 1.54) is 11.0 Å². The van der Waals surface area contributed by atoms with Gasteiger partial charge in [-0.15, -0.1) is 12.4 Å². The van der Waals surface area contributed by atoms with E-state index in [9.17, 15) is 22.8 Å². The molecule has 0 spiro atoms. The van der Waals surface area contributed by atoms with Crippen molar-refractivity contribution in [1.82, 2.24) is 15.1 Å². The van der Waals surface area contributed by atoms with Gasteiger partial charge in [-0.3, -0.25) is 9.59 Å². The van der Waals surface area contributed by atoms with E-state index in [0.29, 0.717) is 18.7 Å². The van der Waals surface area contributed by atoms with E-state index in [2.05, 4.69) is 5.32 Å². The van der Waals surface area contributed by atoms with E-state index in [1.54, 1.807) is 25.1 Å². The molecule has 1 heterocycles. The molecule has 1 fully saturated rings. The molecule has 1 aromatic carbocycles. The first-order chi connectivity index (χ1) is 11.7. The molecule has 0 bridgehead atoms. The summed E-state index contributed by atoms with van der Waals surface area (Å²) < 4.78 is 38.3. The van der Waals surface area contributed by atoms with Crippen molar-refractivity contribution in [3.05, 3.63) is 35.4 Å². The second-order valence-corrected chi connectivity index (χ2v) is 6.24. The lowest BCUT2D eigenvalue weighted by Gasteiger charge is -2.21. The number of carbonyl (C=O) groups is 2. The minimum Gasteiger partial charge on any atom is -0.344 e. The fraction of sp³-hybridized carbons (Fsp3) is 0.529. The first-order valence-electron chi connectivity index (χ1n) is 8.06. The Kier molecular flexibility index (Phi) is 7.89. The molecule has 0 radical (unpaired) electrons. The topological polar surface area (TPSA) is 52.7 Å². The minimum atomic E-state index is -4.42. The Bertz CT molecular complexity index is 640. The molecule has 2 rings (SSSR count). The van der Waals surface area contributed by atoms with Crippen LogP contribution in [0.15, 0.2) is 24.3 Å². The van der Waals surface area contributed by atoms with Gasteiger partial charge in [-0.25, -0.2) is 0 Å². The summed E-state index contributed by atoms with van der Waals surface area (Å²) in [7, 11) is 3.47. The molecule has 1 aliphatic heterocycles. The van der Waals surface area contributed by atoms with Gasteiger partial charge >= 0.3 is 6.18 Å². The lowest BCUT2D eigenvalue weighted by molar-refractivity contribution is -0.137. The number of hydrogen-bond donors (Lipinski definition) is 1. The highest BCUT2D eigenvalue weighted by Crippen LogP contribution is 2.30. The third kappa shape index (κ3) is 5.60. The van der Waals surface area contributed by atoms with Crippen LogP contribution in [-0.4, -0.2) is 55.3 Å². The normalized spacial score (nSPS) is 17.2. The summed E-state index contributed by atoms with van der Waals surface area (Å²) in [5.41, 5.74) is -0.337. The van der Waals surface area contributed by atoms with Crippen molar-refractivity contribution in [3.8, 4) is 0 Å². The van der Waals surface area contributed by atoms with Gasteiger partial charge < -0.3 is 15.1 Å². The Morgan fingerprint density at radius 1 is 1.38 bits per heavy atom. The largest absolute Gasteiger partial charge is 0.416 e. The van der Waals surface area contributed by atoms with Crippen LogP contribution in [0.2, 0.25) is 0 Å². The molecule has 1 aliphatic rings. The summed E-state index contributed by atoms with van der Waals surface area (Å²) in [4.78, 5) is 27.5. The molecular weight excluding hydrogens is 371 g/mol. The maximum absolute atomic E-state index is 12.8. The number of nitrogens with one attached hydrogen (secondary N) is 1. The average Bonchev–Trinajstić information content (AvgIpc) is 2.92. The van der Waals surface area contributed by atoms with E-state index in [1.807, 2.05) is 0 Å². The van der Waals surface area contributed by atoms with Gasteiger partial charge in [0.05, 0.1) is 11.5 Å². The van der Waals surface area contributed by atoms with Gasteiger partial charge in [0.2, 0.25) is 11.8 Å². The van der Waals surface area contributed by atoms with E-state index >= 15 is 0 Å². The van der Waals surface area contributed by atoms with Crippen molar-refractivity contribution in [2.75, 3.05) is 33.7 Å². The highest BCUT2D eigenvalue weighted by molar-refractivity contribution is 5.89. The predicted octanol–water partition coefficient (Wildman–Crippen LogP) is 2.15. The number of likely N-dealkylation sites (N-methyl/N-ethyl adjacent to an activating group) is 2. The van der Waals surface area contributed by atoms with Gasteiger partial charge in [0.1, 0.15) is 0 Å². The Balaban J connectivity index is 0.00000338.